The van der Waals surface area contributed by atoms with Gasteiger partial charge < -0.3 is 10.1 Å². The van der Waals surface area contributed by atoms with Crippen LogP contribution in [0.15, 0.2) is 71.2 Å². The van der Waals surface area contributed by atoms with E-state index in [-0.39, 0.29) is 12.3 Å². The standard InChI is InChI=1S/C19H16BrNO/c20-14-11-9-13(10-12-14)19-21-17-7-3-1-5-15(17)16-6-2-4-8-18(16)22-19/h1-7,9-12,18-19,21H,8H2. The predicted molar refractivity (Wildman–Crippen MR) is 93.6 cm³/mol. The molecule has 2 nitrogen and oxygen atoms in total. The molecule has 2 aromatic rings. The van der Waals surface area contributed by atoms with Crippen LogP contribution in [0.5, 0.6) is 0 Å². The fourth-order valence-corrected chi connectivity index (χ4v) is 3.26. The van der Waals surface area contributed by atoms with Crippen molar-refractivity contribution in [2.24, 2.45) is 0 Å². The molecule has 2 atom stereocenters. The van der Waals surface area contributed by atoms with Crippen LogP contribution in [0.1, 0.15) is 23.8 Å². The van der Waals surface area contributed by atoms with Gasteiger partial charge in [0.05, 0.1) is 6.10 Å². The van der Waals surface area contributed by atoms with E-state index in [4.69, 9.17) is 4.74 Å². The summed E-state index contributed by atoms with van der Waals surface area (Å²) in [4.78, 5) is 0. The third-order valence-electron chi connectivity index (χ3n) is 4.11. The van der Waals surface area contributed by atoms with E-state index in [0.717, 1.165) is 22.1 Å². The molecule has 1 aliphatic carbocycles. The van der Waals surface area contributed by atoms with Crippen LogP contribution >= 0.6 is 15.9 Å². The molecular formula is C19H16BrNO. The van der Waals surface area contributed by atoms with Crippen LogP contribution in [0, 0.1) is 0 Å². The molecule has 0 bridgehead atoms. The van der Waals surface area contributed by atoms with E-state index < -0.39 is 0 Å². The lowest BCUT2D eigenvalue weighted by molar-refractivity contribution is 0.0381. The monoisotopic (exact) mass is 353 g/mol. The molecule has 3 heteroatoms. The molecule has 0 saturated carbocycles. The number of nitrogens with one attached hydrogen (secondary N) is 1. The maximum absolute atomic E-state index is 6.38. The molecule has 1 heterocycles. The van der Waals surface area contributed by atoms with Gasteiger partial charge in [-0.15, -0.1) is 0 Å². The van der Waals surface area contributed by atoms with Gasteiger partial charge in [0.25, 0.3) is 0 Å². The average Bonchev–Trinajstić information content (AvgIpc) is 2.72. The zero-order valence-electron chi connectivity index (χ0n) is 12.0. The van der Waals surface area contributed by atoms with Crippen LogP contribution in [-0.4, -0.2) is 6.10 Å². The number of hydrogen-bond donors (Lipinski definition) is 1. The molecule has 2 aliphatic rings. The number of para-hydroxylation sites is 1. The van der Waals surface area contributed by atoms with E-state index in [1.807, 2.05) is 0 Å². The van der Waals surface area contributed by atoms with Crippen molar-refractivity contribution < 1.29 is 4.74 Å². The van der Waals surface area contributed by atoms with E-state index in [1.165, 1.54) is 11.1 Å². The molecule has 0 fully saturated rings. The summed E-state index contributed by atoms with van der Waals surface area (Å²) in [5.74, 6) is 0. The number of fused-ring (bicyclic) bond motifs is 3. The molecule has 1 N–H and O–H groups in total. The van der Waals surface area contributed by atoms with Crippen LogP contribution < -0.4 is 5.32 Å². The van der Waals surface area contributed by atoms with E-state index >= 15 is 0 Å². The Morgan fingerprint density at radius 2 is 1.86 bits per heavy atom. The lowest BCUT2D eigenvalue weighted by Crippen LogP contribution is -2.20. The highest BCUT2D eigenvalue weighted by atomic mass is 79.9. The van der Waals surface area contributed by atoms with E-state index in [9.17, 15) is 0 Å². The van der Waals surface area contributed by atoms with Crippen molar-refractivity contribution in [1.82, 2.24) is 0 Å². The molecule has 110 valence electrons. The fraction of sp³-hybridized carbons (Fsp3) is 0.158. The molecule has 0 radical (unpaired) electrons. The second-order valence-corrected chi connectivity index (χ2v) is 6.45. The molecule has 0 saturated heterocycles. The second-order valence-electron chi connectivity index (χ2n) is 5.53. The number of rotatable bonds is 1. The van der Waals surface area contributed by atoms with Crippen LogP contribution in [-0.2, 0) is 4.74 Å². The number of allylic oxidation sites excluding steroid dienone is 2. The van der Waals surface area contributed by atoms with Gasteiger partial charge in [-0.05, 0) is 30.2 Å². The van der Waals surface area contributed by atoms with E-state index in [2.05, 4.69) is 88.0 Å². The summed E-state index contributed by atoms with van der Waals surface area (Å²) in [5.41, 5.74) is 4.75. The van der Waals surface area contributed by atoms with Gasteiger partial charge in [-0.25, -0.2) is 0 Å². The van der Waals surface area contributed by atoms with Gasteiger partial charge in [0.15, 0.2) is 6.23 Å². The molecule has 0 aromatic heterocycles. The zero-order valence-corrected chi connectivity index (χ0v) is 13.6. The minimum Gasteiger partial charge on any atom is -0.356 e. The van der Waals surface area contributed by atoms with Gasteiger partial charge in [-0.2, -0.15) is 0 Å². The van der Waals surface area contributed by atoms with E-state index in [1.54, 1.807) is 0 Å². The Balaban J connectivity index is 1.78. The first-order chi connectivity index (χ1) is 10.8. The van der Waals surface area contributed by atoms with Crippen LogP contribution in [0.4, 0.5) is 5.69 Å². The lowest BCUT2D eigenvalue weighted by Gasteiger charge is -2.24. The van der Waals surface area contributed by atoms with E-state index in [0.29, 0.717) is 0 Å². The third kappa shape index (κ3) is 2.51. The molecular weight excluding hydrogens is 338 g/mol. The fourth-order valence-electron chi connectivity index (χ4n) is 3.00. The zero-order chi connectivity index (χ0) is 14.9. The van der Waals surface area contributed by atoms with Gasteiger partial charge in [-0.1, -0.05) is 64.5 Å². The lowest BCUT2D eigenvalue weighted by atomic mass is 9.94. The van der Waals surface area contributed by atoms with Crippen molar-refractivity contribution in [1.29, 1.82) is 0 Å². The quantitative estimate of drug-likeness (QED) is 0.750. The molecule has 0 spiro atoms. The van der Waals surface area contributed by atoms with Gasteiger partial charge in [-0.3, -0.25) is 0 Å². The number of benzene rings is 2. The Morgan fingerprint density at radius 1 is 1.05 bits per heavy atom. The summed E-state index contributed by atoms with van der Waals surface area (Å²) in [6.45, 7) is 0. The first-order valence-electron chi connectivity index (χ1n) is 7.45. The highest BCUT2D eigenvalue weighted by molar-refractivity contribution is 9.10. The molecule has 2 aromatic carbocycles. The van der Waals surface area contributed by atoms with Crippen molar-refractivity contribution in [3.05, 3.63) is 82.4 Å². The SMILES string of the molecule is Brc1ccc(C2Nc3ccccc3C3=CC=CCC3O2)cc1. The Morgan fingerprint density at radius 3 is 2.73 bits per heavy atom. The average molecular weight is 354 g/mol. The smallest absolute Gasteiger partial charge is 0.154 e. The second kappa shape index (κ2) is 5.75. The van der Waals surface area contributed by atoms with Gasteiger partial charge in [0.2, 0.25) is 0 Å². The molecule has 4 rings (SSSR count). The van der Waals surface area contributed by atoms with Crippen LogP contribution in [0.3, 0.4) is 0 Å². The Kier molecular flexibility index (Phi) is 3.60. The summed E-state index contributed by atoms with van der Waals surface area (Å²) < 4.78 is 7.45. The van der Waals surface area contributed by atoms with Crippen LogP contribution in [0.2, 0.25) is 0 Å². The molecule has 1 aliphatic heterocycles. The maximum Gasteiger partial charge on any atom is 0.154 e. The Hall–Kier alpha value is -1.84. The molecule has 22 heavy (non-hydrogen) atoms. The topological polar surface area (TPSA) is 21.3 Å². The van der Waals surface area contributed by atoms with Crippen molar-refractivity contribution in [3.63, 3.8) is 0 Å². The number of hydrogen-bond acceptors (Lipinski definition) is 2. The van der Waals surface area contributed by atoms with Gasteiger partial charge >= 0.3 is 0 Å². The number of ether oxygens (including phenoxy) is 1. The van der Waals surface area contributed by atoms with Crippen molar-refractivity contribution in [2.75, 3.05) is 5.32 Å². The van der Waals surface area contributed by atoms with Gasteiger partial charge in [0, 0.05) is 21.3 Å². The summed E-state index contributed by atoms with van der Waals surface area (Å²) in [7, 11) is 0. The summed E-state index contributed by atoms with van der Waals surface area (Å²) >= 11 is 3.49. The largest absolute Gasteiger partial charge is 0.356 e. The number of halogens is 1. The minimum atomic E-state index is -0.142. The highest BCUT2D eigenvalue weighted by Gasteiger charge is 2.28. The minimum absolute atomic E-state index is 0.0924. The van der Waals surface area contributed by atoms with Crippen molar-refractivity contribution >= 4 is 27.2 Å². The first-order valence-corrected chi connectivity index (χ1v) is 8.24. The molecule has 2 unspecified atom stereocenters. The third-order valence-corrected chi connectivity index (χ3v) is 4.64. The molecule has 0 amide bonds. The first kappa shape index (κ1) is 13.8. The summed E-state index contributed by atoms with van der Waals surface area (Å²) in [6.07, 6.45) is 7.31. The number of anilines is 1. The maximum atomic E-state index is 6.38. The van der Waals surface area contributed by atoms with Crippen LogP contribution in [0.25, 0.3) is 5.57 Å². The highest BCUT2D eigenvalue weighted by Crippen LogP contribution is 2.39. The normalized spacial score (nSPS) is 22.9. The Bertz CT molecular complexity index is 748. The predicted octanol–water partition coefficient (Wildman–Crippen LogP) is 5.30. The summed E-state index contributed by atoms with van der Waals surface area (Å²) in [5, 5.41) is 3.55. The van der Waals surface area contributed by atoms with Crippen molar-refractivity contribution in [3.8, 4) is 0 Å². The Labute approximate surface area is 138 Å². The van der Waals surface area contributed by atoms with Gasteiger partial charge in [0.1, 0.15) is 0 Å². The summed E-state index contributed by atoms with van der Waals surface area (Å²) in [6, 6.07) is 16.7. The van der Waals surface area contributed by atoms with Crippen molar-refractivity contribution in [2.45, 2.75) is 18.8 Å².